The number of azide groups is 2. The molecular weight excluding hydrogens is 400 g/mol. The Morgan fingerprint density at radius 1 is 0.806 bits per heavy atom. The van der Waals surface area contributed by atoms with Crippen molar-refractivity contribution in [1.29, 1.82) is 0 Å². The van der Waals surface area contributed by atoms with Crippen LogP contribution in [0.25, 0.3) is 20.9 Å². The van der Waals surface area contributed by atoms with Crippen LogP contribution in [0.3, 0.4) is 0 Å². The van der Waals surface area contributed by atoms with Crippen LogP contribution in [0.15, 0.2) is 70.9 Å². The summed E-state index contributed by atoms with van der Waals surface area (Å²) in [5.74, 6) is 0.296. The summed E-state index contributed by atoms with van der Waals surface area (Å²) in [6, 6.07) is 16.9. The first-order chi connectivity index (χ1) is 15.0. The number of benzene rings is 2. The van der Waals surface area contributed by atoms with Gasteiger partial charge in [-0.2, -0.15) is 0 Å². The second kappa shape index (κ2) is 10.6. The highest BCUT2D eigenvalue weighted by Crippen LogP contribution is 2.34. The van der Waals surface area contributed by atoms with Crippen LogP contribution in [0, 0.1) is 0 Å². The molecule has 1 fully saturated rings. The Kier molecular flexibility index (Phi) is 7.59. The Hall–Kier alpha value is -3.42. The average molecular weight is 424 g/mol. The number of hydrogen-bond acceptors (Lipinski definition) is 6. The number of rotatable bonds is 10. The maximum atomic E-state index is 9.10. The van der Waals surface area contributed by atoms with E-state index in [-0.39, 0.29) is 13.2 Å². The number of ether oxygens (including phenoxy) is 4. The van der Waals surface area contributed by atoms with E-state index in [1.165, 1.54) is 0 Å². The Morgan fingerprint density at radius 3 is 1.55 bits per heavy atom. The first-order valence-electron chi connectivity index (χ1n) is 9.82. The first-order valence-corrected chi connectivity index (χ1v) is 9.82. The minimum absolute atomic E-state index is 0.0667. The van der Waals surface area contributed by atoms with E-state index < -0.39 is 30.1 Å². The molecule has 0 aromatic heterocycles. The molecule has 0 spiro atoms. The fourth-order valence-corrected chi connectivity index (χ4v) is 3.33. The predicted octanol–water partition coefficient (Wildman–Crippen LogP) is 5.02. The summed E-state index contributed by atoms with van der Waals surface area (Å²) in [6.07, 6.45) is -1.41. The van der Waals surface area contributed by atoms with E-state index in [9.17, 15) is 0 Å². The quantitative estimate of drug-likeness (QED) is 0.300. The molecule has 1 aliphatic heterocycles. The Labute approximate surface area is 179 Å². The van der Waals surface area contributed by atoms with Crippen molar-refractivity contribution in [3.63, 3.8) is 0 Å². The molecule has 31 heavy (non-hydrogen) atoms. The summed E-state index contributed by atoms with van der Waals surface area (Å²) in [7, 11) is 0. The van der Waals surface area contributed by atoms with Crippen molar-refractivity contribution < 1.29 is 18.9 Å². The zero-order valence-electron chi connectivity index (χ0n) is 17.3. The highest BCUT2D eigenvalue weighted by Gasteiger charge is 2.48. The lowest BCUT2D eigenvalue weighted by Crippen LogP contribution is -2.45. The molecule has 2 aromatic carbocycles. The van der Waals surface area contributed by atoms with E-state index in [0.29, 0.717) is 11.5 Å². The van der Waals surface area contributed by atoms with Crippen LogP contribution in [0.2, 0.25) is 0 Å². The standard InChI is InChI=1S/C21H24N6O4/c1-21(2)30-19(17(24-26-22)13-28-15-9-5-3-6-10-15)20(31-21)18(25-27-23)14-29-16-11-7-4-8-12-16/h3-12,17-20H,13-14H2,1-2H3/t17-,18-,19+,20+/m1/s1. The van der Waals surface area contributed by atoms with E-state index in [0.717, 1.165) is 0 Å². The summed E-state index contributed by atoms with van der Waals surface area (Å²) >= 11 is 0. The molecule has 10 nitrogen and oxygen atoms in total. The van der Waals surface area contributed by atoms with Crippen molar-refractivity contribution in [3.05, 3.63) is 81.5 Å². The van der Waals surface area contributed by atoms with Gasteiger partial charge >= 0.3 is 0 Å². The minimum Gasteiger partial charge on any atom is -0.493 e. The van der Waals surface area contributed by atoms with Gasteiger partial charge in [0.05, 0.1) is 25.4 Å². The van der Waals surface area contributed by atoms with Gasteiger partial charge in [-0.05, 0) is 49.2 Å². The second-order valence-corrected chi connectivity index (χ2v) is 7.36. The molecule has 4 atom stereocenters. The maximum absolute atomic E-state index is 9.10. The molecule has 10 heteroatoms. The Bertz CT molecular complexity index is 854. The predicted molar refractivity (Wildman–Crippen MR) is 114 cm³/mol. The highest BCUT2D eigenvalue weighted by atomic mass is 16.8. The molecule has 3 rings (SSSR count). The fourth-order valence-electron chi connectivity index (χ4n) is 3.33. The lowest BCUT2D eigenvalue weighted by atomic mass is 10.0. The van der Waals surface area contributed by atoms with Gasteiger partial charge in [0.15, 0.2) is 5.79 Å². The normalized spacial score (nSPS) is 21.2. The molecule has 2 aromatic rings. The Morgan fingerprint density at radius 2 is 1.19 bits per heavy atom. The third-order valence-corrected chi connectivity index (χ3v) is 4.65. The average Bonchev–Trinajstić information content (AvgIpc) is 3.10. The van der Waals surface area contributed by atoms with Gasteiger partial charge in [-0.25, -0.2) is 0 Å². The summed E-state index contributed by atoms with van der Waals surface area (Å²) in [5.41, 5.74) is 18.2. The van der Waals surface area contributed by atoms with Gasteiger partial charge in [0.25, 0.3) is 0 Å². The summed E-state index contributed by atoms with van der Waals surface area (Å²) in [6.45, 7) is 3.63. The van der Waals surface area contributed by atoms with Gasteiger partial charge in [0, 0.05) is 9.82 Å². The SMILES string of the molecule is CC1(C)O[C@@H]([C@@H](COc2ccccc2)N=[N+]=[N-])[C@H]([C@@H](COc2ccccc2)N=[N+]=[N-])O1. The second-order valence-electron chi connectivity index (χ2n) is 7.36. The number of para-hydroxylation sites is 2. The van der Waals surface area contributed by atoms with Crippen molar-refractivity contribution in [2.75, 3.05) is 13.2 Å². The van der Waals surface area contributed by atoms with Crippen molar-refractivity contribution in [1.82, 2.24) is 0 Å². The molecule has 0 unspecified atom stereocenters. The van der Waals surface area contributed by atoms with Crippen LogP contribution in [0.4, 0.5) is 0 Å². The molecule has 1 heterocycles. The van der Waals surface area contributed by atoms with E-state index in [2.05, 4.69) is 20.1 Å². The third kappa shape index (κ3) is 6.28. The summed E-state index contributed by atoms with van der Waals surface area (Å²) in [4.78, 5) is 5.90. The highest BCUT2D eigenvalue weighted by molar-refractivity contribution is 5.22. The zero-order valence-corrected chi connectivity index (χ0v) is 17.3. The van der Waals surface area contributed by atoms with Crippen LogP contribution in [-0.2, 0) is 9.47 Å². The largest absolute Gasteiger partial charge is 0.493 e. The van der Waals surface area contributed by atoms with E-state index in [1.54, 1.807) is 38.1 Å². The van der Waals surface area contributed by atoms with Gasteiger partial charge in [0.1, 0.15) is 23.6 Å². The molecule has 0 radical (unpaired) electrons. The lowest BCUT2D eigenvalue weighted by molar-refractivity contribution is -0.150. The van der Waals surface area contributed by atoms with Crippen LogP contribution in [-0.4, -0.2) is 43.3 Å². The van der Waals surface area contributed by atoms with Crippen LogP contribution >= 0.6 is 0 Å². The minimum atomic E-state index is -0.971. The molecular formula is C21H24N6O4. The fraction of sp³-hybridized carbons (Fsp3) is 0.429. The van der Waals surface area contributed by atoms with Gasteiger partial charge in [-0.1, -0.05) is 46.6 Å². The molecule has 0 N–H and O–H groups in total. The molecule has 162 valence electrons. The van der Waals surface area contributed by atoms with Crippen molar-refractivity contribution in [3.8, 4) is 11.5 Å². The van der Waals surface area contributed by atoms with E-state index >= 15 is 0 Å². The van der Waals surface area contributed by atoms with Crippen molar-refractivity contribution in [2.45, 2.75) is 43.9 Å². The Balaban J connectivity index is 1.78. The summed E-state index contributed by atoms with van der Waals surface area (Å²) < 4.78 is 23.6. The lowest BCUT2D eigenvalue weighted by Gasteiger charge is -2.26. The number of hydrogen-bond donors (Lipinski definition) is 0. The monoisotopic (exact) mass is 424 g/mol. The van der Waals surface area contributed by atoms with Crippen LogP contribution in [0.5, 0.6) is 11.5 Å². The van der Waals surface area contributed by atoms with E-state index in [4.69, 9.17) is 30.0 Å². The molecule has 1 aliphatic rings. The van der Waals surface area contributed by atoms with E-state index in [1.807, 2.05) is 36.4 Å². The maximum Gasteiger partial charge on any atom is 0.163 e. The van der Waals surface area contributed by atoms with Gasteiger partial charge in [-0.15, -0.1) is 0 Å². The van der Waals surface area contributed by atoms with Crippen molar-refractivity contribution in [2.24, 2.45) is 10.2 Å². The topological polar surface area (TPSA) is 134 Å². The molecule has 1 saturated heterocycles. The third-order valence-electron chi connectivity index (χ3n) is 4.65. The van der Waals surface area contributed by atoms with Crippen LogP contribution < -0.4 is 9.47 Å². The summed E-state index contributed by atoms with van der Waals surface area (Å²) in [5, 5.41) is 7.75. The molecule has 0 bridgehead atoms. The van der Waals surface area contributed by atoms with Gasteiger partial charge in [0.2, 0.25) is 0 Å². The molecule has 0 saturated carbocycles. The molecule has 0 aliphatic carbocycles. The van der Waals surface area contributed by atoms with Gasteiger partial charge < -0.3 is 18.9 Å². The zero-order chi connectivity index (χ0) is 22.1. The number of nitrogens with zero attached hydrogens (tertiary/aromatic N) is 6. The van der Waals surface area contributed by atoms with Crippen molar-refractivity contribution >= 4 is 0 Å². The van der Waals surface area contributed by atoms with Gasteiger partial charge in [-0.3, -0.25) is 0 Å². The smallest absolute Gasteiger partial charge is 0.163 e. The first kappa shape index (κ1) is 22.3. The molecule has 0 amide bonds. The van der Waals surface area contributed by atoms with Crippen LogP contribution in [0.1, 0.15) is 13.8 Å².